The molecule has 8 heteroatoms. The molecule has 0 aliphatic rings. The number of nitrogens with one attached hydrogen (secondary N) is 1. The maximum Gasteiger partial charge on any atom is 0.246 e. The van der Waals surface area contributed by atoms with E-state index in [1.54, 1.807) is 23.3 Å². The van der Waals surface area contributed by atoms with Gasteiger partial charge in [-0.05, 0) is 41.5 Å². The Morgan fingerprint density at radius 2 is 1.94 bits per heavy atom. The number of hydrogen-bond donors (Lipinski definition) is 1. The van der Waals surface area contributed by atoms with Gasteiger partial charge in [-0.25, -0.2) is 9.67 Å². The topological polar surface area (TPSA) is 90.8 Å². The van der Waals surface area contributed by atoms with Gasteiger partial charge in [0.25, 0.3) is 0 Å². The molecule has 0 radical (unpaired) electrons. The number of anilines is 1. The van der Waals surface area contributed by atoms with Gasteiger partial charge in [0.15, 0.2) is 5.65 Å². The first-order valence-corrected chi connectivity index (χ1v) is 11.3. The third kappa shape index (κ3) is 3.95. The highest BCUT2D eigenvalue weighted by atomic mass is 16.3. The summed E-state index contributed by atoms with van der Waals surface area (Å²) in [6.07, 6.45) is 6.82. The summed E-state index contributed by atoms with van der Waals surface area (Å²) in [7, 11) is 0. The predicted molar refractivity (Wildman–Crippen MR) is 134 cm³/mol. The zero-order valence-electron chi connectivity index (χ0n) is 19.0. The molecule has 0 bridgehead atoms. The van der Waals surface area contributed by atoms with E-state index in [0.29, 0.717) is 17.9 Å². The van der Waals surface area contributed by atoms with E-state index in [-0.39, 0.29) is 12.5 Å². The Morgan fingerprint density at radius 3 is 2.83 bits per heavy atom. The van der Waals surface area contributed by atoms with Gasteiger partial charge in [-0.3, -0.25) is 9.48 Å². The Balaban J connectivity index is 1.19. The van der Waals surface area contributed by atoms with E-state index < -0.39 is 0 Å². The van der Waals surface area contributed by atoms with Gasteiger partial charge in [0, 0.05) is 18.0 Å². The lowest BCUT2D eigenvalue weighted by molar-refractivity contribution is -0.116. The first-order chi connectivity index (χ1) is 17.2. The Hall–Kier alpha value is -4.72. The quantitative estimate of drug-likeness (QED) is 0.375. The minimum Gasteiger partial charge on any atom is -0.464 e. The molecule has 0 saturated heterocycles. The average Bonchev–Trinajstić information content (AvgIpc) is 3.61. The van der Waals surface area contributed by atoms with Crippen LogP contribution in [0.2, 0.25) is 0 Å². The summed E-state index contributed by atoms with van der Waals surface area (Å²) in [6.45, 7) is 2.55. The normalized spacial score (nSPS) is 11.3. The first-order valence-electron chi connectivity index (χ1n) is 11.3. The van der Waals surface area contributed by atoms with Crippen molar-refractivity contribution in [2.75, 3.05) is 5.32 Å². The zero-order valence-corrected chi connectivity index (χ0v) is 19.0. The van der Waals surface area contributed by atoms with Gasteiger partial charge in [0.1, 0.15) is 12.3 Å². The van der Waals surface area contributed by atoms with Crippen LogP contribution in [0.15, 0.2) is 89.9 Å². The molecule has 6 aromatic rings. The van der Waals surface area contributed by atoms with Gasteiger partial charge in [-0.15, -0.1) is 0 Å². The van der Waals surface area contributed by atoms with E-state index in [1.807, 2.05) is 54.2 Å². The van der Waals surface area contributed by atoms with Crippen molar-refractivity contribution in [2.45, 2.75) is 20.0 Å². The summed E-state index contributed by atoms with van der Waals surface area (Å²) in [5.74, 6) is 0.535. The molecular weight excluding hydrogens is 440 g/mol. The second-order valence-corrected chi connectivity index (χ2v) is 8.39. The van der Waals surface area contributed by atoms with E-state index in [2.05, 4.69) is 44.8 Å². The Labute approximate surface area is 200 Å². The van der Waals surface area contributed by atoms with Gasteiger partial charge < -0.3 is 9.73 Å². The van der Waals surface area contributed by atoms with Crippen molar-refractivity contribution in [3.8, 4) is 11.3 Å². The number of hydrogen-bond acceptors (Lipinski definition) is 5. The van der Waals surface area contributed by atoms with Gasteiger partial charge in [0.05, 0.1) is 35.8 Å². The van der Waals surface area contributed by atoms with Gasteiger partial charge in [-0.1, -0.05) is 42.5 Å². The average molecular weight is 463 g/mol. The maximum absolute atomic E-state index is 12.8. The monoisotopic (exact) mass is 462 g/mol. The smallest absolute Gasteiger partial charge is 0.246 e. The summed E-state index contributed by atoms with van der Waals surface area (Å²) in [6, 6.07) is 20.1. The summed E-state index contributed by atoms with van der Waals surface area (Å²) in [5, 5.41) is 15.2. The number of benzene rings is 2. The molecule has 0 fully saturated rings. The fourth-order valence-electron chi connectivity index (χ4n) is 4.48. The van der Waals surface area contributed by atoms with E-state index in [9.17, 15) is 4.79 Å². The van der Waals surface area contributed by atoms with Crippen molar-refractivity contribution in [3.63, 3.8) is 0 Å². The van der Waals surface area contributed by atoms with Crippen LogP contribution in [0.25, 0.3) is 33.1 Å². The molecule has 0 aliphatic carbocycles. The van der Waals surface area contributed by atoms with Crippen LogP contribution in [0.5, 0.6) is 0 Å². The second kappa shape index (κ2) is 8.57. The lowest BCUT2D eigenvalue weighted by atomic mass is 10.0. The number of aromatic nitrogens is 5. The lowest BCUT2D eigenvalue weighted by Crippen LogP contribution is -2.19. The molecule has 0 spiro atoms. The summed E-state index contributed by atoms with van der Waals surface area (Å²) in [5.41, 5.74) is 4.13. The molecular formula is C27H22N6O2. The SMILES string of the molecule is Cc1nn(CC(=O)Nc2cnn(Cc3cccc4ccccc34)c2)c2nccc(-c3ccco3)c12. The number of amides is 1. The highest BCUT2D eigenvalue weighted by Gasteiger charge is 2.17. The summed E-state index contributed by atoms with van der Waals surface area (Å²) >= 11 is 0. The Bertz CT molecular complexity index is 1660. The van der Waals surface area contributed by atoms with Crippen LogP contribution >= 0.6 is 0 Å². The van der Waals surface area contributed by atoms with Crippen molar-refractivity contribution >= 4 is 33.4 Å². The highest BCUT2D eigenvalue weighted by Crippen LogP contribution is 2.30. The summed E-state index contributed by atoms with van der Waals surface area (Å²) < 4.78 is 9.01. The van der Waals surface area contributed by atoms with Crippen LogP contribution in [0, 0.1) is 6.92 Å². The lowest BCUT2D eigenvalue weighted by Gasteiger charge is -2.07. The molecule has 0 saturated carbocycles. The minimum atomic E-state index is -0.204. The Morgan fingerprint density at radius 1 is 1.06 bits per heavy atom. The zero-order chi connectivity index (χ0) is 23.8. The molecule has 0 unspecified atom stereocenters. The standard InChI is InChI=1S/C27H22N6O2/c1-18-26-23(24-10-5-13-35-24)11-12-28-27(26)33(31-18)17-25(34)30-21-14-29-32(16-21)15-20-8-4-7-19-6-2-3-9-22(19)20/h2-14,16H,15,17H2,1H3,(H,30,34). The molecule has 0 atom stereocenters. The number of fused-ring (bicyclic) bond motifs is 2. The molecule has 4 aromatic heterocycles. The van der Waals surface area contributed by atoms with Crippen LogP contribution in [-0.2, 0) is 17.9 Å². The number of pyridine rings is 1. The first kappa shape index (κ1) is 20.9. The molecule has 6 rings (SSSR count). The van der Waals surface area contributed by atoms with Crippen molar-refractivity contribution < 1.29 is 9.21 Å². The van der Waals surface area contributed by atoms with Crippen molar-refractivity contribution in [2.24, 2.45) is 0 Å². The van der Waals surface area contributed by atoms with Gasteiger partial charge >= 0.3 is 0 Å². The third-order valence-corrected chi connectivity index (χ3v) is 6.02. The second-order valence-electron chi connectivity index (χ2n) is 8.39. The fraction of sp³-hybridized carbons (Fsp3) is 0.111. The van der Waals surface area contributed by atoms with Crippen molar-refractivity contribution in [1.29, 1.82) is 0 Å². The van der Waals surface area contributed by atoms with Gasteiger partial charge in [-0.2, -0.15) is 10.2 Å². The fourth-order valence-corrected chi connectivity index (χ4v) is 4.48. The van der Waals surface area contributed by atoms with E-state index in [4.69, 9.17) is 4.42 Å². The number of furan rings is 1. The molecule has 8 nitrogen and oxygen atoms in total. The third-order valence-electron chi connectivity index (χ3n) is 6.02. The molecule has 35 heavy (non-hydrogen) atoms. The molecule has 1 N–H and O–H groups in total. The van der Waals surface area contributed by atoms with E-state index >= 15 is 0 Å². The molecule has 4 heterocycles. The molecule has 0 aliphatic heterocycles. The number of aryl methyl sites for hydroxylation is 1. The number of carbonyl (C=O) groups is 1. The van der Waals surface area contributed by atoms with Crippen molar-refractivity contribution in [3.05, 3.63) is 96.8 Å². The number of carbonyl (C=O) groups excluding carboxylic acids is 1. The molecule has 172 valence electrons. The number of rotatable bonds is 6. The predicted octanol–water partition coefficient (Wildman–Crippen LogP) is 5.04. The van der Waals surface area contributed by atoms with E-state index in [0.717, 1.165) is 22.4 Å². The minimum absolute atomic E-state index is 0.0352. The van der Waals surface area contributed by atoms with Crippen LogP contribution < -0.4 is 5.32 Å². The molecule has 2 aromatic carbocycles. The highest BCUT2D eigenvalue weighted by molar-refractivity contribution is 5.95. The van der Waals surface area contributed by atoms with Crippen LogP contribution in [0.1, 0.15) is 11.3 Å². The maximum atomic E-state index is 12.8. The Kier molecular flexibility index (Phi) is 5.11. The van der Waals surface area contributed by atoms with Crippen LogP contribution in [0.3, 0.4) is 0 Å². The summed E-state index contributed by atoms with van der Waals surface area (Å²) in [4.78, 5) is 17.3. The number of nitrogens with zero attached hydrogens (tertiary/aromatic N) is 5. The van der Waals surface area contributed by atoms with E-state index in [1.165, 1.54) is 16.3 Å². The van der Waals surface area contributed by atoms with Crippen LogP contribution in [-0.4, -0.2) is 30.5 Å². The van der Waals surface area contributed by atoms with Crippen molar-refractivity contribution in [1.82, 2.24) is 24.5 Å². The van der Waals surface area contributed by atoms with Crippen LogP contribution in [0.4, 0.5) is 5.69 Å². The molecule has 1 amide bonds. The largest absolute Gasteiger partial charge is 0.464 e. The van der Waals surface area contributed by atoms with Gasteiger partial charge in [0.2, 0.25) is 5.91 Å².